The van der Waals surface area contributed by atoms with Crippen LogP contribution in [0.15, 0.2) is 36.5 Å². The molecule has 69 heavy (non-hydrogen) atoms. The number of ether oxygens (including phenoxy) is 1. The van der Waals surface area contributed by atoms with E-state index in [0.717, 1.165) is 77.0 Å². The molecule has 0 spiro atoms. The Bertz CT molecular complexity index is 1120. The van der Waals surface area contributed by atoms with Crippen LogP contribution in [0, 0.1) is 0 Å². The Kier molecular flexibility index (Phi) is 57.0. The van der Waals surface area contributed by atoms with Gasteiger partial charge in [-0.2, -0.15) is 0 Å². The number of aliphatic hydroxyl groups excluding tert-OH is 2. The summed E-state index contributed by atoms with van der Waals surface area (Å²) in [7, 11) is 0. The highest BCUT2D eigenvalue weighted by Gasteiger charge is 2.18. The van der Waals surface area contributed by atoms with Gasteiger partial charge in [-0.3, -0.25) is 9.59 Å². The van der Waals surface area contributed by atoms with Gasteiger partial charge in [0.1, 0.15) is 0 Å². The molecule has 0 aromatic carbocycles. The summed E-state index contributed by atoms with van der Waals surface area (Å²) in [5, 5.41) is 23.2. The van der Waals surface area contributed by atoms with E-state index in [-0.39, 0.29) is 18.5 Å². The molecule has 6 nitrogen and oxygen atoms in total. The molecule has 6 heteroatoms. The number of carbonyl (C=O) groups excluding carboxylic acids is 2. The van der Waals surface area contributed by atoms with Crippen LogP contribution in [0.3, 0.4) is 0 Å². The fourth-order valence-corrected chi connectivity index (χ4v) is 9.39. The number of aliphatic hydroxyl groups is 2. The lowest BCUT2D eigenvalue weighted by Gasteiger charge is -2.20. The third-order valence-electron chi connectivity index (χ3n) is 14.1. The summed E-state index contributed by atoms with van der Waals surface area (Å²) >= 11 is 0. The minimum absolute atomic E-state index is 0.0407. The van der Waals surface area contributed by atoms with Crippen LogP contribution < -0.4 is 5.32 Å². The maximum atomic E-state index is 12.5. The summed E-state index contributed by atoms with van der Waals surface area (Å²) in [6, 6.07) is -0.655. The van der Waals surface area contributed by atoms with Gasteiger partial charge in [0, 0.05) is 12.8 Å². The summed E-state index contributed by atoms with van der Waals surface area (Å²) in [5.41, 5.74) is 0. The van der Waals surface area contributed by atoms with E-state index in [1.54, 1.807) is 6.08 Å². The van der Waals surface area contributed by atoms with E-state index in [2.05, 4.69) is 43.5 Å². The fourth-order valence-electron chi connectivity index (χ4n) is 9.39. The van der Waals surface area contributed by atoms with E-state index in [1.165, 1.54) is 225 Å². The standard InChI is InChI=1S/C63H119NO5/c1-3-5-7-9-11-13-15-17-19-21-23-24-25-26-27-28-29-31-33-35-39-43-47-51-55-61(66)60(59-65)64-62(67)56-52-48-44-40-37-38-42-46-50-54-58-69-63(68)57-53-49-45-41-36-34-32-30-22-20-18-16-14-12-10-8-6-4-2/h20,22,38,42,51,55,60-61,65-66H,3-19,21,23-37,39-41,43-50,52-54,56-59H2,1-2H3,(H,64,67)/b22-20-,42-38-,55-51+. The number of nitrogens with one attached hydrogen (secondary N) is 1. The van der Waals surface area contributed by atoms with Crippen molar-refractivity contribution >= 4 is 11.9 Å². The Morgan fingerprint density at radius 1 is 0.391 bits per heavy atom. The maximum absolute atomic E-state index is 12.5. The van der Waals surface area contributed by atoms with E-state index in [4.69, 9.17) is 4.74 Å². The highest BCUT2D eigenvalue weighted by Crippen LogP contribution is 2.17. The van der Waals surface area contributed by atoms with Gasteiger partial charge < -0.3 is 20.3 Å². The second-order valence-electron chi connectivity index (χ2n) is 21.0. The van der Waals surface area contributed by atoms with E-state index in [1.807, 2.05) is 6.08 Å². The minimum Gasteiger partial charge on any atom is -0.466 e. The molecule has 0 aliphatic rings. The maximum Gasteiger partial charge on any atom is 0.305 e. The first-order valence-electron chi connectivity index (χ1n) is 30.8. The molecule has 2 unspecified atom stereocenters. The van der Waals surface area contributed by atoms with Crippen molar-refractivity contribution in [2.75, 3.05) is 13.2 Å². The largest absolute Gasteiger partial charge is 0.466 e. The lowest BCUT2D eigenvalue weighted by molar-refractivity contribution is -0.143. The Hall–Kier alpha value is -1.92. The molecule has 1 amide bonds. The van der Waals surface area contributed by atoms with Crippen LogP contribution >= 0.6 is 0 Å². The van der Waals surface area contributed by atoms with Crippen molar-refractivity contribution in [1.82, 2.24) is 5.32 Å². The first-order chi connectivity index (χ1) is 34.0. The molecule has 0 radical (unpaired) electrons. The van der Waals surface area contributed by atoms with Gasteiger partial charge in [-0.1, -0.05) is 269 Å². The molecule has 0 fully saturated rings. The van der Waals surface area contributed by atoms with E-state index < -0.39 is 12.1 Å². The van der Waals surface area contributed by atoms with Crippen molar-refractivity contribution in [1.29, 1.82) is 0 Å². The summed E-state index contributed by atoms with van der Waals surface area (Å²) < 4.78 is 5.45. The number of amides is 1. The minimum atomic E-state index is -0.868. The highest BCUT2D eigenvalue weighted by molar-refractivity contribution is 5.76. The molecule has 0 aliphatic heterocycles. The first kappa shape index (κ1) is 67.1. The highest BCUT2D eigenvalue weighted by atomic mass is 16.5. The Labute approximate surface area is 430 Å². The number of esters is 1. The molecule has 0 saturated heterocycles. The van der Waals surface area contributed by atoms with Gasteiger partial charge in [0.2, 0.25) is 5.91 Å². The van der Waals surface area contributed by atoms with Crippen molar-refractivity contribution in [3.63, 3.8) is 0 Å². The molecule has 2 atom stereocenters. The van der Waals surface area contributed by atoms with Crippen LogP contribution in [0.2, 0.25) is 0 Å². The van der Waals surface area contributed by atoms with Crippen molar-refractivity contribution < 1.29 is 24.5 Å². The van der Waals surface area contributed by atoms with Crippen LogP contribution in [-0.2, 0) is 14.3 Å². The lowest BCUT2D eigenvalue weighted by Crippen LogP contribution is -2.45. The summed E-state index contributed by atoms with van der Waals surface area (Å²) in [4.78, 5) is 24.6. The van der Waals surface area contributed by atoms with Crippen LogP contribution in [0.1, 0.15) is 328 Å². The normalized spacial score (nSPS) is 12.8. The van der Waals surface area contributed by atoms with E-state index in [0.29, 0.717) is 19.4 Å². The Balaban J connectivity index is 3.53. The van der Waals surface area contributed by atoms with Gasteiger partial charge in [-0.15, -0.1) is 0 Å². The topological polar surface area (TPSA) is 95.9 Å². The zero-order valence-electron chi connectivity index (χ0n) is 46.3. The summed E-state index contributed by atoms with van der Waals surface area (Å²) in [5.74, 6) is -0.142. The predicted octanol–water partition coefficient (Wildman–Crippen LogP) is 19.2. The molecule has 406 valence electrons. The van der Waals surface area contributed by atoms with Gasteiger partial charge in [0.05, 0.1) is 25.4 Å². The zero-order chi connectivity index (χ0) is 50.0. The molecule has 3 N–H and O–H groups in total. The fraction of sp³-hybridized carbons (Fsp3) is 0.873. The van der Waals surface area contributed by atoms with Crippen LogP contribution in [0.5, 0.6) is 0 Å². The molecule has 0 heterocycles. The monoisotopic (exact) mass is 970 g/mol. The quantitative estimate of drug-likeness (QED) is 0.0321. The number of unbranched alkanes of at least 4 members (excludes halogenated alkanes) is 42. The van der Waals surface area contributed by atoms with Gasteiger partial charge in [0.25, 0.3) is 0 Å². The summed E-state index contributed by atoms with van der Waals surface area (Å²) in [6.07, 6.45) is 73.3. The van der Waals surface area contributed by atoms with Crippen molar-refractivity contribution in [2.45, 2.75) is 341 Å². The SMILES string of the molecule is CCCCCCCCC/C=C\CCCCCCCCCC(=O)OCCCC/C=C\CCCCCCC(=O)NC(CO)C(O)/C=C/CCCCCCCCCCCCCCCCCCCCCCCC. The molecule has 0 aliphatic carbocycles. The van der Waals surface area contributed by atoms with Gasteiger partial charge in [-0.25, -0.2) is 0 Å². The molecular weight excluding hydrogens is 851 g/mol. The average molecular weight is 971 g/mol. The molecule has 0 aromatic rings. The number of hydrogen-bond acceptors (Lipinski definition) is 5. The second kappa shape index (κ2) is 58.6. The first-order valence-corrected chi connectivity index (χ1v) is 30.8. The van der Waals surface area contributed by atoms with Crippen LogP contribution in [-0.4, -0.2) is 47.4 Å². The molecule has 0 saturated carbocycles. The zero-order valence-corrected chi connectivity index (χ0v) is 46.3. The van der Waals surface area contributed by atoms with Crippen molar-refractivity contribution in [2.24, 2.45) is 0 Å². The summed E-state index contributed by atoms with van der Waals surface area (Å²) in [6.45, 7) is 4.83. The van der Waals surface area contributed by atoms with Gasteiger partial charge in [0.15, 0.2) is 0 Å². The van der Waals surface area contributed by atoms with Crippen molar-refractivity contribution in [3.8, 4) is 0 Å². The number of carbonyl (C=O) groups is 2. The predicted molar refractivity (Wildman–Crippen MR) is 301 cm³/mol. The smallest absolute Gasteiger partial charge is 0.305 e. The van der Waals surface area contributed by atoms with Gasteiger partial charge >= 0.3 is 5.97 Å². The second-order valence-corrected chi connectivity index (χ2v) is 21.0. The molecular formula is C63H119NO5. The van der Waals surface area contributed by atoms with Gasteiger partial charge in [-0.05, 0) is 83.5 Å². The average Bonchev–Trinajstić information content (AvgIpc) is 3.35. The third kappa shape index (κ3) is 55.2. The third-order valence-corrected chi connectivity index (χ3v) is 14.1. The van der Waals surface area contributed by atoms with Crippen LogP contribution in [0.4, 0.5) is 0 Å². The van der Waals surface area contributed by atoms with Crippen LogP contribution in [0.25, 0.3) is 0 Å². The van der Waals surface area contributed by atoms with E-state index >= 15 is 0 Å². The Morgan fingerprint density at radius 2 is 0.681 bits per heavy atom. The number of allylic oxidation sites excluding steroid dienone is 5. The molecule has 0 rings (SSSR count). The Morgan fingerprint density at radius 3 is 1.03 bits per heavy atom. The van der Waals surface area contributed by atoms with E-state index in [9.17, 15) is 19.8 Å². The lowest BCUT2D eigenvalue weighted by atomic mass is 10.0. The number of rotatable bonds is 57. The van der Waals surface area contributed by atoms with Crippen molar-refractivity contribution in [3.05, 3.63) is 36.5 Å². The number of hydrogen-bond donors (Lipinski definition) is 3. The molecule has 0 bridgehead atoms. The molecule has 0 aromatic heterocycles.